The summed E-state index contributed by atoms with van der Waals surface area (Å²) in [5, 5.41) is 13.7. The van der Waals surface area contributed by atoms with Crippen molar-refractivity contribution in [2.45, 2.75) is 6.54 Å². The molecule has 0 spiro atoms. The first-order valence-corrected chi connectivity index (χ1v) is 8.20. The second kappa shape index (κ2) is 6.36. The highest BCUT2D eigenvalue weighted by atomic mass is 32.1. The average Bonchev–Trinajstić information content (AvgIpc) is 3.38. The summed E-state index contributed by atoms with van der Waals surface area (Å²) < 4.78 is 16.9. The Hall–Kier alpha value is -3.20. The maximum absolute atomic E-state index is 11.9. The molecule has 0 amide bonds. The van der Waals surface area contributed by atoms with Crippen LogP contribution in [0.3, 0.4) is 0 Å². The molecule has 0 fully saturated rings. The third-order valence-corrected chi connectivity index (χ3v) is 4.39. The molecule has 0 radical (unpaired) electrons. The minimum atomic E-state index is -0.576. The number of benzene rings is 1. The van der Waals surface area contributed by atoms with Crippen LogP contribution in [0.4, 0.5) is 0 Å². The summed E-state index contributed by atoms with van der Waals surface area (Å²) in [5.74, 6) is 1.24. The van der Waals surface area contributed by atoms with Gasteiger partial charge in [-0.05, 0) is 35.7 Å². The molecule has 3 heterocycles. The second-order valence-electron chi connectivity index (χ2n) is 5.06. The minimum Gasteiger partial charge on any atom is -0.497 e. The predicted octanol–water partition coefficient (Wildman–Crippen LogP) is 2.67. The number of thiophene rings is 1. The topological polar surface area (TPSA) is 96.2 Å². The molecule has 0 aliphatic heterocycles. The third-order valence-electron chi connectivity index (χ3n) is 3.53. The summed E-state index contributed by atoms with van der Waals surface area (Å²) in [5.41, 5.74) is 0.760. The normalized spacial score (nSPS) is 10.9. The van der Waals surface area contributed by atoms with E-state index in [1.165, 1.54) is 15.9 Å². The van der Waals surface area contributed by atoms with Gasteiger partial charge in [0.2, 0.25) is 11.8 Å². The number of nitrogens with zero attached hydrogens (tertiary/aromatic N) is 4. The van der Waals surface area contributed by atoms with Gasteiger partial charge in [0.25, 0.3) is 0 Å². The van der Waals surface area contributed by atoms with E-state index in [0.717, 1.165) is 16.2 Å². The second-order valence-corrected chi connectivity index (χ2v) is 6.01. The van der Waals surface area contributed by atoms with Gasteiger partial charge in [-0.1, -0.05) is 11.2 Å². The summed E-state index contributed by atoms with van der Waals surface area (Å²) in [6, 6.07) is 11.0. The molecule has 0 atom stereocenters. The van der Waals surface area contributed by atoms with Crippen molar-refractivity contribution in [2.24, 2.45) is 0 Å². The minimum absolute atomic E-state index is 0.0821. The number of rotatable bonds is 5. The summed E-state index contributed by atoms with van der Waals surface area (Å²) in [7, 11) is 1.60. The van der Waals surface area contributed by atoms with Gasteiger partial charge in [0, 0.05) is 5.56 Å². The van der Waals surface area contributed by atoms with Crippen LogP contribution in [-0.4, -0.2) is 27.0 Å². The van der Waals surface area contributed by atoms with Gasteiger partial charge in [-0.25, -0.2) is 9.36 Å². The fraction of sp³-hybridized carbons (Fsp3) is 0.125. The fourth-order valence-electron chi connectivity index (χ4n) is 2.29. The van der Waals surface area contributed by atoms with Crippen molar-refractivity contribution < 1.29 is 13.7 Å². The zero-order valence-electron chi connectivity index (χ0n) is 13.1. The molecule has 1 aromatic carbocycles. The molecule has 9 heteroatoms. The third kappa shape index (κ3) is 2.96. The molecule has 8 nitrogen and oxygen atoms in total. The van der Waals surface area contributed by atoms with Crippen molar-refractivity contribution in [3.63, 3.8) is 0 Å². The highest BCUT2D eigenvalue weighted by Gasteiger charge is 2.17. The maximum Gasteiger partial charge on any atom is 0.442 e. The van der Waals surface area contributed by atoms with Gasteiger partial charge in [0.15, 0.2) is 5.82 Å². The quantitative estimate of drug-likeness (QED) is 0.542. The lowest BCUT2D eigenvalue weighted by Crippen LogP contribution is -2.16. The molecule has 0 aliphatic rings. The summed E-state index contributed by atoms with van der Waals surface area (Å²) in [6.45, 7) is 0.0821. The summed E-state index contributed by atoms with van der Waals surface area (Å²) in [4.78, 5) is 12.7. The van der Waals surface area contributed by atoms with Crippen molar-refractivity contribution in [3.05, 3.63) is 58.2 Å². The molecule has 0 unspecified atom stereocenters. The molecule has 0 N–H and O–H groups in total. The first-order valence-electron chi connectivity index (χ1n) is 7.32. The molecule has 25 heavy (non-hydrogen) atoms. The van der Waals surface area contributed by atoms with Crippen LogP contribution in [0.15, 0.2) is 55.5 Å². The molecule has 126 valence electrons. The van der Waals surface area contributed by atoms with Gasteiger partial charge in [0.05, 0.1) is 12.0 Å². The number of ether oxygens (including phenoxy) is 1. The zero-order valence-corrected chi connectivity index (χ0v) is 13.9. The Kier molecular flexibility index (Phi) is 3.90. The smallest absolute Gasteiger partial charge is 0.442 e. The number of aromatic nitrogens is 4. The highest BCUT2D eigenvalue weighted by molar-refractivity contribution is 7.13. The van der Waals surface area contributed by atoms with Crippen molar-refractivity contribution in [2.75, 3.05) is 7.11 Å². The maximum atomic E-state index is 11.9. The SMILES string of the molecule is COc1ccc(-c2nnc(Cn3c(-c4cccs4)noc3=O)o2)cc1. The Morgan fingerprint density at radius 2 is 2.04 bits per heavy atom. The van der Waals surface area contributed by atoms with Crippen LogP contribution >= 0.6 is 11.3 Å². The van der Waals surface area contributed by atoms with Crippen LogP contribution in [0.5, 0.6) is 5.75 Å². The van der Waals surface area contributed by atoms with Gasteiger partial charge in [-0.15, -0.1) is 21.5 Å². The van der Waals surface area contributed by atoms with Crippen molar-refractivity contribution in [1.29, 1.82) is 0 Å². The molecule has 4 rings (SSSR count). The molecule has 0 saturated carbocycles. The van der Waals surface area contributed by atoms with Crippen molar-refractivity contribution >= 4 is 11.3 Å². The van der Waals surface area contributed by atoms with E-state index in [1.807, 2.05) is 29.6 Å². The first kappa shape index (κ1) is 15.3. The Labute approximate surface area is 145 Å². The number of hydrogen-bond acceptors (Lipinski definition) is 8. The van der Waals surface area contributed by atoms with Gasteiger partial charge in [0.1, 0.15) is 12.3 Å². The Morgan fingerprint density at radius 1 is 1.20 bits per heavy atom. The summed E-state index contributed by atoms with van der Waals surface area (Å²) in [6.07, 6.45) is 0. The molecule has 4 aromatic rings. The fourth-order valence-corrected chi connectivity index (χ4v) is 3.01. The highest BCUT2D eigenvalue weighted by Crippen LogP contribution is 2.24. The van der Waals surface area contributed by atoms with Crippen LogP contribution in [-0.2, 0) is 6.54 Å². The van der Waals surface area contributed by atoms with E-state index in [1.54, 1.807) is 19.2 Å². The molecule has 0 bridgehead atoms. The number of hydrogen-bond donors (Lipinski definition) is 0. The Bertz CT molecular complexity index is 1030. The molecular formula is C16H12N4O4S. The van der Waals surface area contributed by atoms with Crippen LogP contribution < -0.4 is 10.5 Å². The molecular weight excluding hydrogens is 344 g/mol. The van der Waals surface area contributed by atoms with Crippen molar-refractivity contribution in [3.8, 4) is 27.9 Å². The lowest BCUT2D eigenvalue weighted by molar-refractivity contribution is 0.374. The van der Waals surface area contributed by atoms with E-state index in [-0.39, 0.29) is 12.4 Å². The first-order chi connectivity index (χ1) is 12.2. The molecule has 3 aromatic heterocycles. The van der Waals surface area contributed by atoms with E-state index in [4.69, 9.17) is 13.7 Å². The van der Waals surface area contributed by atoms with Crippen LogP contribution in [0.25, 0.3) is 22.2 Å². The predicted molar refractivity (Wildman–Crippen MR) is 89.5 cm³/mol. The summed E-state index contributed by atoms with van der Waals surface area (Å²) >= 11 is 1.46. The van der Waals surface area contributed by atoms with E-state index < -0.39 is 5.76 Å². The van der Waals surface area contributed by atoms with Crippen molar-refractivity contribution in [1.82, 2.24) is 19.9 Å². The lowest BCUT2D eigenvalue weighted by Gasteiger charge is -2.00. The lowest BCUT2D eigenvalue weighted by atomic mass is 10.2. The van der Waals surface area contributed by atoms with Crippen LogP contribution in [0.1, 0.15) is 5.89 Å². The van der Waals surface area contributed by atoms with Crippen LogP contribution in [0.2, 0.25) is 0 Å². The van der Waals surface area contributed by atoms with Gasteiger partial charge in [-0.3, -0.25) is 4.52 Å². The van der Waals surface area contributed by atoms with E-state index in [9.17, 15) is 4.79 Å². The Balaban J connectivity index is 1.62. The molecule has 0 saturated heterocycles. The molecule has 0 aliphatic carbocycles. The van der Waals surface area contributed by atoms with Gasteiger partial charge >= 0.3 is 5.76 Å². The standard InChI is InChI=1S/C16H12N4O4S/c1-22-11-6-4-10(5-7-11)15-18-17-13(23-15)9-20-14(19-24-16(20)21)12-3-2-8-25-12/h2-8H,9H2,1H3. The monoisotopic (exact) mass is 356 g/mol. The van der Waals surface area contributed by atoms with Gasteiger partial charge in [-0.2, -0.15) is 0 Å². The van der Waals surface area contributed by atoms with E-state index in [0.29, 0.717) is 11.7 Å². The average molecular weight is 356 g/mol. The van der Waals surface area contributed by atoms with E-state index in [2.05, 4.69) is 15.4 Å². The Morgan fingerprint density at radius 3 is 2.76 bits per heavy atom. The zero-order chi connectivity index (χ0) is 17.2. The van der Waals surface area contributed by atoms with Gasteiger partial charge < -0.3 is 9.15 Å². The van der Waals surface area contributed by atoms with E-state index >= 15 is 0 Å². The van der Waals surface area contributed by atoms with Crippen LogP contribution in [0, 0.1) is 0 Å². The number of methoxy groups -OCH3 is 1. The largest absolute Gasteiger partial charge is 0.497 e.